The quantitative estimate of drug-likeness (QED) is 0.614. The lowest BCUT2D eigenvalue weighted by molar-refractivity contribution is 0.425. The molecule has 0 aliphatic rings. The fourth-order valence-corrected chi connectivity index (χ4v) is 1.31. The molecule has 0 fully saturated rings. The Morgan fingerprint density at radius 1 is 1.46 bits per heavy atom. The second-order valence-corrected chi connectivity index (χ2v) is 2.97. The van der Waals surface area contributed by atoms with Crippen molar-refractivity contribution in [3.63, 3.8) is 0 Å². The van der Waals surface area contributed by atoms with Crippen LogP contribution < -0.4 is 5.46 Å². The first kappa shape index (κ1) is 10.3. The highest BCUT2D eigenvalue weighted by Gasteiger charge is 2.15. The molecule has 0 saturated carbocycles. The SMILES string of the molecule is CBCc1cc(F)ccc1B(O)O. The maximum atomic E-state index is 12.8. The molecule has 5 heteroatoms. The number of hydrogen-bond donors (Lipinski definition) is 2. The lowest BCUT2D eigenvalue weighted by Crippen LogP contribution is -2.33. The fraction of sp³-hybridized carbons (Fsp3) is 0.250. The van der Waals surface area contributed by atoms with Gasteiger partial charge in [-0.3, -0.25) is 0 Å². The van der Waals surface area contributed by atoms with E-state index >= 15 is 0 Å². The van der Waals surface area contributed by atoms with Crippen molar-refractivity contribution in [1.29, 1.82) is 0 Å². The zero-order valence-corrected chi connectivity index (χ0v) is 7.50. The minimum atomic E-state index is -1.51. The Kier molecular flexibility index (Phi) is 3.51. The molecule has 0 spiro atoms. The van der Waals surface area contributed by atoms with E-state index in [9.17, 15) is 4.39 Å². The van der Waals surface area contributed by atoms with Gasteiger partial charge in [-0.05, 0) is 17.6 Å². The molecule has 0 aromatic heterocycles. The number of benzene rings is 1. The molecule has 0 aliphatic heterocycles. The molecule has 13 heavy (non-hydrogen) atoms. The summed E-state index contributed by atoms with van der Waals surface area (Å²) in [6.45, 7) is 1.96. The van der Waals surface area contributed by atoms with Crippen LogP contribution in [0.2, 0.25) is 6.82 Å². The van der Waals surface area contributed by atoms with E-state index in [1.807, 2.05) is 6.82 Å². The predicted molar refractivity (Wildman–Crippen MR) is 52.9 cm³/mol. The van der Waals surface area contributed by atoms with Crippen molar-refractivity contribution >= 4 is 19.9 Å². The van der Waals surface area contributed by atoms with Gasteiger partial charge >= 0.3 is 7.12 Å². The van der Waals surface area contributed by atoms with Crippen molar-refractivity contribution in [3.05, 3.63) is 29.6 Å². The van der Waals surface area contributed by atoms with Crippen LogP contribution in [0.15, 0.2) is 18.2 Å². The first-order valence-corrected chi connectivity index (χ1v) is 4.29. The van der Waals surface area contributed by atoms with Crippen LogP contribution in [0.5, 0.6) is 0 Å². The molecule has 1 rings (SSSR count). The van der Waals surface area contributed by atoms with E-state index in [1.165, 1.54) is 18.2 Å². The summed E-state index contributed by atoms with van der Waals surface area (Å²) in [5, 5.41) is 17.9. The maximum absolute atomic E-state index is 12.8. The number of rotatable bonds is 3. The van der Waals surface area contributed by atoms with Gasteiger partial charge in [-0.1, -0.05) is 24.8 Å². The van der Waals surface area contributed by atoms with Gasteiger partial charge < -0.3 is 10.0 Å². The highest BCUT2D eigenvalue weighted by Crippen LogP contribution is 2.02. The highest BCUT2D eigenvalue weighted by molar-refractivity contribution is 6.59. The highest BCUT2D eigenvalue weighted by atomic mass is 19.1. The van der Waals surface area contributed by atoms with Crippen molar-refractivity contribution in [1.82, 2.24) is 0 Å². The lowest BCUT2D eigenvalue weighted by Gasteiger charge is -2.06. The summed E-state index contributed by atoms with van der Waals surface area (Å²) in [4.78, 5) is 0. The van der Waals surface area contributed by atoms with Crippen LogP contribution in [0.25, 0.3) is 0 Å². The molecule has 0 unspecified atom stereocenters. The second-order valence-electron chi connectivity index (χ2n) is 2.97. The molecule has 0 bridgehead atoms. The summed E-state index contributed by atoms with van der Waals surface area (Å²) in [6.07, 6.45) is 0.657. The van der Waals surface area contributed by atoms with E-state index in [1.54, 1.807) is 0 Å². The molecule has 0 aliphatic carbocycles. The average molecular weight is 180 g/mol. The molecule has 2 nitrogen and oxygen atoms in total. The van der Waals surface area contributed by atoms with Crippen LogP contribution in [0.3, 0.4) is 0 Å². The topological polar surface area (TPSA) is 40.5 Å². The maximum Gasteiger partial charge on any atom is 0.488 e. The van der Waals surface area contributed by atoms with E-state index in [0.717, 1.165) is 7.28 Å². The van der Waals surface area contributed by atoms with Crippen molar-refractivity contribution in [2.24, 2.45) is 0 Å². The summed E-state index contributed by atoms with van der Waals surface area (Å²) >= 11 is 0. The Balaban J connectivity index is 3.03. The third-order valence-electron chi connectivity index (χ3n) is 1.90. The summed E-state index contributed by atoms with van der Waals surface area (Å²) in [7, 11) is -0.662. The van der Waals surface area contributed by atoms with Gasteiger partial charge in [-0.15, -0.1) is 0 Å². The van der Waals surface area contributed by atoms with Crippen LogP contribution in [-0.2, 0) is 6.32 Å². The van der Waals surface area contributed by atoms with Gasteiger partial charge in [-0.25, -0.2) is 4.39 Å². The number of halogens is 1. The largest absolute Gasteiger partial charge is 0.488 e. The Morgan fingerprint density at radius 3 is 2.69 bits per heavy atom. The Bertz CT molecular complexity index is 291. The third-order valence-corrected chi connectivity index (χ3v) is 1.90. The fourth-order valence-electron chi connectivity index (χ4n) is 1.31. The second kappa shape index (κ2) is 4.44. The van der Waals surface area contributed by atoms with Gasteiger partial charge in [-0.2, -0.15) is 0 Å². The van der Waals surface area contributed by atoms with Gasteiger partial charge in [0.1, 0.15) is 13.1 Å². The van der Waals surface area contributed by atoms with Crippen LogP contribution in [-0.4, -0.2) is 24.4 Å². The minimum absolute atomic E-state index is 0.340. The molecule has 2 N–H and O–H groups in total. The van der Waals surface area contributed by atoms with Gasteiger partial charge in [0.05, 0.1) is 0 Å². The van der Waals surface area contributed by atoms with Crippen molar-refractivity contribution in [2.75, 3.05) is 0 Å². The summed E-state index contributed by atoms with van der Waals surface area (Å²) < 4.78 is 12.8. The zero-order valence-electron chi connectivity index (χ0n) is 7.50. The summed E-state index contributed by atoms with van der Waals surface area (Å²) in [5.41, 5.74) is 1.06. The molecule has 1 aromatic rings. The van der Waals surface area contributed by atoms with Gasteiger partial charge in [0.25, 0.3) is 0 Å². The predicted octanol–water partition coefficient (Wildman–Crippen LogP) is -0.510. The molecular formula is C8H11B2FO2. The molecule has 68 valence electrons. The average Bonchev–Trinajstić information content (AvgIpc) is 2.04. The van der Waals surface area contributed by atoms with Gasteiger partial charge in [0.2, 0.25) is 0 Å². The Labute approximate surface area is 77.8 Å². The standard InChI is InChI=1S/C8H11B2FO2/c1-9-5-6-4-7(11)2-3-8(6)10(12)13/h2-4,9,12-13H,5H2,1H3. The van der Waals surface area contributed by atoms with E-state index < -0.39 is 7.12 Å². The third kappa shape index (κ3) is 2.57. The van der Waals surface area contributed by atoms with Gasteiger partial charge in [0.15, 0.2) is 0 Å². The molecule has 0 radical (unpaired) electrons. The van der Waals surface area contributed by atoms with E-state index in [-0.39, 0.29) is 5.82 Å². The summed E-state index contributed by atoms with van der Waals surface area (Å²) in [6, 6.07) is 3.98. The monoisotopic (exact) mass is 180 g/mol. The lowest BCUT2D eigenvalue weighted by atomic mass is 9.68. The first-order chi connectivity index (χ1) is 6.15. The Morgan fingerprint density at radius 2 is 2.15 bits per heavy atom. The molecule has 1 aromatic carbocycles. The van der Waals surface area contributed by atoms with Crippen LogP contribution in [0.1, 0.15) is 5.56 Å². The normalized spacial score (nSPS) is 9.85. The molecule has 0 heterocycles. The van der Waals surface area contributed by atoms with Crippen LogP contribution in [0, 0.1) is 5.82 Å². The van der Waals surface area contributed by atoms with Crippen molar-refractivity contribution < 1.29 is 14.4 Å². The van der Waals surface area contributed by atoms with Crippen LogP contribution in [0.4, 0.5) is 4.39 Å². The van der Waals surface area contributed by atoms with E-state index in [2.05, 4.69) is 0 Å². The summed E-state index contributed by atoms with van der Waals surface area (Å²) in [5.74, 6) is -0.340. The minimum Gasteiger partial charge on any atom is -0.423 e. The molecule has 0 atom stereocenters. The van der Waals surface area contributed by atoms with E-state index in [4.69, 9.17) is 10.0 Å². The smallest absolute Gasteiger partial charge is 0.423 e. The molecule has 0 amide bonds. The van der Waals surface area contributed by atoms with E-state index in [0.29, 0.717) is 17.3 Å². The van der Waals surface area contributed by atoms with Crippen LogP contribution >= 0.6 is 0 Å². The van der Waals surface area contributed by atoms with Crippen molar-refractivity contribution in [2.45, 2.75) is 13.1 Å². The zero-order chi connectivity index (χ0) is 9.84. The number of hydrogen-bond acceptors (Lipinski definition) is 2. The Hall–Kier alpha value is -0.800. The van der Waals surface area contributed by atoms with Gasteiger partial charge in [0, 0.05) is 0 Å². The first-order valence-electron chi connectivity index (χ1n) is 4.29. The van der Waals surface area contributed by atoms with Crippen molar-refractivity contribution in [3.8, 4) is 0 Å². The molecule has 0 saturated heterocycles. The molecular weight excluding hydrogens is 169 g/mol.